The topological polar surface area (TPSA) is 60.2 Å². The Hall–Kier alpha value is -1.81. The predicted octanol–water partition coefficient (Wildman–Crippen LogP) is 2.80. The number of nitrogens with zero attached hydrogens (tertiary/aromatic N) is 1. The summed E-state index contributed by atoms with van der Waals surface area (Å²) in [4.78, 5) is 4.14. The molecule has 1 aromatic heterocycles. The molecule has 1 aromatic carbocycles. The molecule has 1 fully saturated rings. The number of pyridine rings is 1. The molecule has 3 rings (SSSR count). The van der Waals surface area contributed by atoms with Crippen molar-refractivity contribution >= 4 is 22.1 Å². The second kappa shape index (κ2) is 5.05. The predicted molar refractivity (Wildman–Crippen MR) is 78.2 cm³/mol. The Labute approximate surface area is 113 Å². The molecule has 1 aliphatic rings. The Balaban J connectivity index is 1.90. The fourth-order valence-electron chi connectivity index (χ4n) is 2.67. The largest absolute Gasteiger partial charge is 0.398 e. The number of nitrogens with one attached hydrogen (secondary N) is 1. The van der Waals surface area contributed by atoms with Gasteiger partial charge in [-0.2, -0.15) is 0 Å². The number of nitrogen functional groups attached to an aromatic ring is 1. The van der Waals surface area contributed by atoms with E-state index in [0.29, 0.717) is 12.1 Å². The Bertz CT molecular complexity index is 579. The van der Waals surface area contributed by atoms with Gasteiger partial charge in [-0.25, -0.2) is 0 Å². The summed E-state index contributed by atoms with van der Waals surface area (Å²) < 4.78 is 5.72. The standard InChI is InChI=1S/C15H19N3O/c1-10(15-3-2-8-19-15)18-14-5-4-13(16)12-9-17-7-6-11(12)14/h4-7,9-10,15,18H,2-3,8,16H2,1H3. The van der Waals surface area contributed by atoms with Gasteiger partial charge in [-0.1, -0.05) is 0 Å². The van der Waals surface area contributed by atoms with Gasteiger partial charge in [0.05, 0.1) is 6.10 Å². The van der Waals surface area contributed by atoms with E-state index >= 15 is 0 Å². The lowest BCUT2D eigenvalue weighted by Crippen LogP contribution is -2.30. The van der Waals surface area contributed by atoms with E-state index in [4.69, 9.17) is 10.5 Å². The molecule has 2 heterocycles. The normalized spacial score (nSPS) is 20.6. The molecule has 0 spiro atoms. The lowest BCUT2D eigenvalue weighted by molar-refractivity contribution is 0.0997. The van der Waals surface area contributed by atoms with Gasteiger partial charge in [-0.05, 0) is 38.0 Å². The highest BCUT2D eigenvalue weighted by atomic mass is 16.5. The molecule has 0 aliphatic carbocycles. The van der Waals surface area contributed by atoms with Gasteiger partial charge in [0, 0.05) is 47.2 Å². The number of anilines is 2. The molecule has 4 nitrogen and oxygen atoms in total. The lowest BCUT2D eigenvalue weighted by Gasteiger charge is -2.22. The SMILES string of the molecule is CC(Nc1ccc(N)c2cnccc12)C1CCCO1. The minimum Gasteiger partial charge on any atom is -0.398 e. The lowest BCUT2D eigenvalue weighted by atomic mass is 10.1. The molecule has 0 saturated carbocycles. The molecule has 100 valence electrons. The van der Waals surface area contributed by atoms with E-state index in [1.807, 2.05) is 24.4 Å². The van der Waals surface area contributed by atoms with Crippen LogP contribution in [0.1, 0.15) is 19.8 Å². The van der Waals surface area contributed by atoms with Crippen LogP contribution in [0.15, 0.2) is 30.6 Å². The first-order chi connectivity index (χ1) is 9.25. The molecule has 1 aliphatic heterocycles. The van der Waals surface area contributed by atoms with Crippen LogP contribution < -0.4 is 11.1 Å². The van der Waals surface area contributed by atoms with Crippen LogP contribution in [0, 0.1) is 0 Å². The molecule has 19 heavy (non-hydrogen) atoms. The average molecular weight is 257 g/mol. The van der Waals surface area contributed by atoms with Crippen molar-refractivity contribution < 1.29 is 4.74 Å². The molecule has 2 unspecified atom stereocenters. The van der Waals surface area contributed by atoms with Gasteiger partial charge < -0.3 is 15.8 Å². The molecule has 2 atom stereocenters. The van der Waals surface area contributed by atoms with E-state index in [0.717, 1.165) is 41.6 Å². The van der Waals surface area contributed by atoms with E-state index in [-0.39, 0.29) is 0 Å². The third kappa shape index (κ3) is 2.36. The fourth-order valence-corrected chi connectivity index (χ4v) is 2.67. The first-order valence-electron chi connectivity index (χ1n) is 6.76. The first kappa shape index (κ1) is 12.2. The number of ether oxygens (including phenoxy) is 1. The third-order valence-electron chi connectivity index (χ3n) is 3.76. The van der Waals surface area contributed by atoms with Crippen LogP contribution in [0.25, 0.3) is 10.8 Å². The maximum absolute atomic E-state index is 5.99. The minimum atomic E-state index is 0.294. The van der Waals surface area contributed by atoms with Gasteiger partial charge in [0.25, 0.3) is 0 Å². The van der Waals surface area contributed by atoms with Crippen molar-refractivity contribution in [2.24, 2.45) is 0 Å². The van der Waals surface area contributed by atoms with Gasteiger partial charge >= 0.3 is 0 Å². The van der Waals surface area contributed by atoms with Crippen LogP contribution in [0.4, 0.5) is 11.4 Å². The molecular formula is C15H19N3O. The van der Waals surface area contributed by atoms with Crippen LogP contribution >= 0.6 is 0 Å². The zero-order chi connectivity index (χ0) is 13.2. The maximum Gasteiger partial charge on any atom is 0.0774 e. The first-order valence-corrected chi connectivity index (χ1v) is 6.76. The summed E-state index contributed by atoms with van der Waals surface area (Å²) in [5.41, 5.74) is 7.84. The molecule has 4 heteroatoms. The highest BCUT2D eigenvalue weighted by molar-refractivity contribution is 6.00. The second-order valence-electron chi connectivity index (χ2n) is 5.11. The maximum atomic E-state index is 5.99. The van der Waals surface area contributed by atoms with Crippen LogP contribution in [0.2, 0.25) is 0 Å². The quantitative estimate of drug-likeness (QED) is 0.830. The number of benzene rings is 1. The summed E-state index contributed by atoms with van der Waals surface area (Å²) in [6.07, 6.45) is 6.19. The average Bonchev–Trinajstić information content (AvgIpc) is 2.96. The molecular weight excluding hydrogens is 238 g/mol. The third-order valence-corrected chi connectivity index (χ3v) is 3.76. The highest BCUT2D eigenvalue weighted by Crippen LogP contribution is 2.29. The number of nitrogens with two attached hydrogens (primary N) is 1. The number of fused-ring (bicyclic) bond motifs is 1. The zero-order valence-electron chi connectivity index (χ0n) is 11.1. The monoisotopic (exact) mass is 257 g/mol. The van der Waals surface area contributed by atoms with Gasteiger partial charge in [-0.15, -0.1) is 0 Å². The zero-order valence-corrected chi connectivity index (χ0v) is 11.1. The van der Waals surface area contributed by atoms with Gasteiger partial charge in [0.2, 0.25) is 0 Å². The van der Waals surface area contributed by atoms with E-state index < -0.39 is 0 Å². The fraction of sp³-hybridized carbons (Fsp3) is 0.400. The summed E-state index contributed by atoms with van der Waals surface area (Å²) in [6.45, 7) is 3.04. The Morgan fingerprint density at radius 2 is 2.26 bits per heavy atom. The molecule has 0 radical (unpaired) electrons. The van der Waals surface area contributed by atoms with Gasteiger partial charge in [0.15, 0.2) is 0 Å². The molecule has 1 saturated heterocycles. The van der Waals surface area contributed by atoms with Crippen molar-refractivity contribution in [1.82, 2.24) is 4.98 Å². The summed E-state index contributed by atoms with van der Waals surface area (Å²) >= 11 is 0. The van der Waals surface area contributed by atoms with E-state index in [1.54, 1.807) is 6.20 Å². The highest BCUT2D eigenvalue weighted by Gasteiger charge is 2.22. The van der Waals surface area contributed by atoms with E-state index in [9.17, 15) is 0 Å². The Morgan fingerprint density at radius 1 is 1.37 bits per heavy atom. The second-order valence-corrected chi connectivity index (χ2v) is 5.11. The summed E-state index contributed by atoms with van der Waals surface area (Å²) in [5.74, 6) is 0. The van der Waals surface area contributed by atoms with Crippen molar-refractivity contribution in [3.05, 3.63) is 30.6 Å². The van der Waals surface area contributed by atoms with Crippen LogP contribution in [0.3, 0.4) is 0 Å². The summed E-state index contributed by atoms with van der Waals surface area (Å²) in [7, 11) is 0. The van der Waals surface area contributed by atoms with Crippen LogP contribution in [-0.2, 0) is 4.74 Å². The van der Waals surface area contributed by atoms with Gasteiger partial charge in [-0.3, -0.25) is 4.98 Å². The number of rotatable bonds is 3. The van der Waals surface area contributed by atoms with Crippen LogP contribution in [0.5, 0.6) is 0 Å². The number of hydrogen-bond donors (Lipinski definition) is 2. The number of hydrogen-bond acceptors (Lipinski definition) is 4. The molecule has 0 amide bonds. The van der Waals surface area contributed by atoms with Crippen molar-refractivity contribution in [1.29, 1.82) is 0 Å². The van der Waals surface area contributed by atoms with Crippen molar-refractivity contribution in [3.63, 3.8) is 0 Å². The summed E-state index contributed by atoms with van der Waals surface area (Å²) in [5, 5.41) is 5.65. The van der Waals surface area contributed by atoms with Gasteiger partial charge in [0.1, 0.15) is 0 Å². The van der Waals surface area contributed by atoms with E-state index in [1.165, 1.54) is 0 Å². The van der Waals surface area contributed by atoms with E-state index in [2.05, 4.69) is 17.2 Å². The Morgan fingerprint density at radius 3 is 3.05 bits per heavy atom. The van der Waals surface area contributed by atoms with Crippen molar-refractivity contribution in [2.75, 3.05) is 17.7 Å². The molecule has 0 bridgehead atoms. The minimum absolute atomic E-state index is 0.294. The van der Waals surface area contributed by atoms with Crippen LogP contribution in [-0.4, -0.2) is 23.7 Å². The van der Waals surface area contributed by atoms with Crippen molar-refractivity contribution in [3.8, 4) is 0 Å². The smallest absolute Gasteiger partial charge is 0.0774 e. The molecule has 3 N–H and O–H groups in total. The number of aromatic nitrogens is 1. The Kier molecular flexibility index (Phi) is 3.25. The summed E-state index contributed by atoms with van der Waals surface area (Å²) in [6, 6.07) is 6.25. The molecule has 2 aromatic rings. The van der Waals surface area contributed by atoms with Crippen molar-refractivity contribution in [2.45, 2.75) is 31.9 Å².